The average molecular weight is 707 g/mol. The van der Waals surface area contributed by atoms with E-state index in [0.717, 1.165) is 58.4 Å². The van der Waals surface area contributed by atoms with Crippen LogP contribution in [0.3, 0.4) is 0 Å². The van der Waals surface area contributed by atoms with Gasteiger partial charge in [-0.2, -0.15) is 0 Å². The molecular formula is C39H46N8O5. The van der Waals surface area contributed by atoms with Crippen LogP contribution in [-0.4, -0.2) is 77.5 Å². The number of hydrogen-bond donors (Lipinski definition) is 4. The first-order valence-corrected chi connectivity index (χ1v) is 17.7. The van der Waals surface area contributed by atoms with E-state index < -0.39 is 5.91 Å². The molecule has 1 saturated carbocycles. The molecule has 0 radical (unpaired) electrons. The lowest BCUT2D eigenvalue weighted by Crippen LogP contribution is -2.43. The number of pyridine rings is 2. The lowest BCUT2D eigenvalue weighted by molar-refractivity contribution is -0.122. The molecule has 1 aliphatic carbocycles. The van der Waals surface area contributed by atoms with Gasteiger partial charge in [0.05, 0.1) is 50.9 Å². The molecule has 7 N–H and O–H groups in total. The summed E-state index contributed by atoms with van der Waals surface area (Å²) in [5.74, 6) is 0.581. The number of nitrogens with two attached hydrogens (primary N) is 3. The minimum atomic E-state index is -0.393. The van der Waals surface area contributed by atoms with Crippen LogP contribution < -0.4 is 22.5 Å². The summed E-state index contributed by atoms with van der Waals surface area (Å²) in [6.07, 6.45) is 5.90. The second-order valence-corrected chi connectivity index (χ2v) is 12.9. The molecule has 5 aromatic rings. The predicted molar refractivity (Wildman–Crippen MR) is 199 cm³/mol. The van der Waals surface area contributed by atoms with Crippen molar-refractivity contribution in [2.24, 2.45) is 11.5 Å². The third kappa shape index (κ3) is 9.17. The van der Waals surface area contributed by atoms with Gasteiger partial charge >= 0.3 is 0 Å². The number of nitrogen functional groups attached to an aromatic ring is 1. The number of imidazole rings is 1. The Morgan fingerprint density at radius 1 is 0.846 bits per heavy atom. The highest BCUT2D eigenvalue weighted by molar-refractivity contribution is 5.84. The zero-order valence-corrected chi connectivity index (χ0v) is 29.3. The van der Waals surface area contributed by atoms with Crippen molar-refractivity contribution < 1.29 is 23.8 Å². The largest absolute Gasteiger partial charge is 0.383 e. The average Bonchev–Trinajstić information content (AvgIpc) is 3.51. The molecular weight excluding hydrogens is 660 g/mol. The Morgan fingerprint density at radius 2 is 1.58 bits per heavy atom. The van der Waals surface area contributed by atoms with Gasteiger partial charge in [-0.05, 0) is 79.3 Å². The Hall–Kier alpha value is -5.21. The number of anilines is 1. The Bertz CT molecular complexity index is 1980. The van der Waals surface area contributed by atoms with Crippen LogP contribution in [0.2, 0.25) is 0 Å². The summed E-state index contributed by atoms with van der Waals surface area (Å²) in [5, 5.41) is 2.97. The normalized spacial score (nSPS) is 13.6. The van der Waals surface area contributed by atoms with E-state index in [1.165, 1.54) is 0 Å². The lowest BCUT2D eigenvalue weighted by atomic mass is 9.73. The van der Waals surface area contributed by atoms with Crippen LogP contribution in [-0.2, 0) is 35.8 Å². The standard InChI is InChI=1S/C39H46N8O5/c40-34(48)14-20-50-22-24-52-25-23-51-21-15-35(49)43-19-13-27-4-1-5-28(26-27)32-11-12-33-38(45-32)47(37(46-33)31-6-2-18-44-36(31)41)30-9-7-29(8-10-30)39(42)16-3-17-39/h1-2,4-12,18,26H,3,13-17,19-25,42H2,(H2,40,48)(H2,41,44)(H,43,49). The molecule has 272 valence electrons. The number of nitrogens with one attached hydrogen (secondary N) is 1. The molecule has 2 amide bonds. The topological polar surface area (TPSA) is 196 Å². The van der Waals surface area contributed by atoms with Crippen molar-refractivity contribution in [3.8, 4) is 28.3 Å². The first kappa shape index (κ1) is 36.6. The van der Waals surface area contributed by atoms with E-state index in [9.17, 15) is 9.59 Å². The molecule has 3 aromatic heterocycles. The third-order valence-corrected chi connectivity index (χ3v) is 9.20. The minimum Gasteiger partial charge on any atom is -0.383 e. The van der Waals surface area contributed by atoms with Crippen LogP contribution in [0.15, 0.2) is 79.0 Å². The van der Waals surface area contributed by atoms with Crippen LogP contribution >= 0.6 is 0 Å². The Balaban J connectivity index is 1.06. The summed E-state index contributed by atoms with van der Waals surface area (Å²) >= 11 is 0. The van der Waals surface area contributed by atoms with Gasteiger partial charge in [0, 0.05) is 42.4 Å². The summed E-state index contributed by atoms with van der Waals surface area (Å²) in [5.41, 5.74) is 24.8. The maximum atomic E-state index is 12.4. The van der Waals surface area contributed by atoms with Gasteiger partial charge < -0.3 is 36.7 Å². The maximum Gasteiger partial charge on any atom is 0.222 e. The number of aromatic nitrogens is 4. The van der Waals surface area contributed by atoms with Crippen LogP contribution in [0.1, 0.15) is 43.2 Å². The summed E-state index contributed by atoms with van der Waals surface area (Å²) in [6, 6.07) is 24.2. The van der Waals surface area contributed by atoms with Crippen molar-refractivity contribution in [1.82, 2.24) is 24.8 Å². The molecule has 0 aliphatic heterocycles. The SMILES string of the molecule is NC(=O)CCOCCOCCOCCC(=O)NCCc1cccc(-c2ccc3nc(-c4cccnc4N)n(-c4ccc(C5(N)CCC5)cc4)c3n2)c1. The van der Waals surface area contributed by atoms with Gasteiger partial charge in [-0.25, -0.2) is 15.0 Å². The summed E-state index contributed by atoms with van der Waals surface area (Å²) in [7, 11) is 0. The van der Waals surface area contributed by atoms with E-state index in [0.29, 0.717) is 63.3 Å². The second kappa shape index (κ2) is 17.3. The Kier molecular flexibility index (Phi) is 12.2. The zero-order chi connectivity index (χ0) is 36.3. The van der Waals surface area contributed by atoms with E-state index in [2.05, 4.69) is 40.6 Å². The van der Waals surface area contributed by atoms with Crippen LogP contribution in [0, 0.1) is 0 Å². The molecule has 0 spiro atoms. The number of primary amides is 1. The van der Waals surface area contributed by atoms with Gasteiger partial charge in [-0.15, -0.1) is 0 Å². The maximum absolute atomic E-state index is 12.4. The highest BCUT2D eigenvalue weighted by Crippen LogP contribution is 2.39. The van der Waals surface area contributed by atoms with Gasteiger partial charge in [0.1, 0.15) is 11.3 Å². The van der Waals surface area contributed by atoms with Crippen LogP contribution in [0.25, 0.3) is 39.5 Å². The molecule has 52 heavy (non-hydrogen) atoms. The van der Waals surface area contributed by atoms with Crippen molar-refractivity contribution in [3.05, 3.63) is 90.1 Å². The van der Waals surface area contributed by atoms with Crippen molar-refractivity contribution in [2.75, 3.05) is 51.9 Å². The predicted octanol–water partition coefficient (Wildman–Crippen LogP) is 4.04. The van der Waals surface area contributed by atoms with Crippen LogP contribution in [0.4, 0.5) is 5.82 Å². The van der Waals surface area contributed by atoms with Crippen molar-refractivity contribution in [1.29, 1.82) is 0 Å². The van der Waals surface area contributed by atoms with Crippen molar-refractivity contribution in [2.45, 2.75) is 44.1 Å². The number of rotatable bonds is 19. The van der Waals surface area contributed by atoms with E-state index in [-0.39, 0.29) is 30.9 Å². The highest BCUT2D eigenvalue weighted by atomic mass is 16.5. The number of benzene rings is 2. The van der Waals surface area contributed by atoms with Gasteiger partial charge in [-0.1, -0.05) is 30.3 Å². The summed E-state index contributed by atoms with van der Waals surface area (Å²) < 4.78 is 18.2. The highest BCUT2D eigenvalue weighted by Gasteiger charge is 2.34. The lowest BCUT2D eigenvalue weighted by Gasteiger charge is -2.38. The number of nitrogens with zero attached hydrogens (tertiary/aromatic N) is 4. The fourth-order valence-corrected chi connectivity index (χ4v) is 6.14. The summed E-state index contributed by atoms with van der Waals surface area (Å²) in [4.78, 5) is 37.5. The van der Waals surface area contributed by atoms with Gasteiger partial charge in [0.25, 0.3) is 0 Å². The number of carbonyl (C=O) groups excluding carboxylic acids is 2. The molecule has 1 aliphatic rings. The smallest absolute Gasteiger partial charge is 0.222 e. The van der Waals surface area contributed by atoms with Gasteiger partial charge in [0.15, 0.2) is 11.5 Å². The first-order chi connectivity index (χ1) is 25.3. The van der Waals surface area contributed by atoms with E-state index >= 15 is 0 Å². The molecule has 1 fully saturated rings. The molecule has 0 bridgehead atoms. The molecule has 0 atom stereocenters. The molecule has 13 heteroatoms. The number of amides is 2. The van der Waals surface area contributed by atoms with Crippen molar-refractivity contribution >= 4 is 28.8 Å². The second-order valence-electron chi connectivity index (χ2n) is 12.9. The molecule has 0 saturated heterocycles. The van der Waals surface area contributed by atoms with E-state index in [1.54, 1.807) is 6.20 Å². The van der Waals surface area contributed by atoms with Gasteiger partial charge in [0.2, 0.25) is 11.8 Å². The summed E-state index contributed by atoms with van der Waals surface area (Å²) in [6.45, 7) is 2.63. The van der Waals surface area contributed by atoms with Crippen molar-refractivity contribution in [3.63, 3.8) is 0 Å². The number of carbonyl (C=O) groups is 2. The Morgan fingerprint density at radius 3 is 2.27 bits per heavy atom. The van der Waals surface area contributed by atoms with Gasteiger partial charge in [-0.3, -0.25) is 14.2 Å². The molecule has 13 nitrogen and oxygen atoms in total. The molecule has 6 rings (SSSR count). The van der Waals surface area contributed by atoms with Crippen LogP contribution in [0.5, 0.6) is 0 Å². The fourth-order valence-electron chi connectivity index (χ4n) is 6.14. The number of fused-ring (bicyclic) bond motifs is 1. The van der Waals surface area contributed by atoms with E-state index in [1.807, 2.05) is 47.0 Å². The zero-order valence-electron chi connectivity index (χ0n) is 29.3. The molecule has 2 aromatic carbocycles. The fraction of sp³-hybridized carbons (Fsp3) is 0.359. The Labute approximate surface area is 302 Å². The molecule has 3 heterocycles. The number of hydrogen-bond acceptors (Lipinski definition) is 10. The molecule has 0 unspecified atom stereocenters. The third-order valence-electron chi connectivity index (χ3n) is 9.20. The minimum absolute atomic E-state index is 0.0762. The number of ether oxygens (including phenoxy) is 3. The first-order valence-electron chi connectivity index (χ1n) is 17.7. The quantitative estimate of drug-likeness (QED) is 0.0910. The van der Waals surface area contributed by atoms with E-state index in [4.69, 9.17) is 41.4 Å². The monoisotopic (exact) mass is 706 g/mol.